The van der Waals surface area contributed by atoms with Crippen LogP contribution in [0, 0.1) is 12.8 Å². The number of likely N-dealkylation sites (tertiary alicyclic amines) is 1. The van der Waals surface area contributed by atoms with E-state index in [1.54, 1.807) is 42.5 Å². The fraction of sp³-hybridized carbons (Fsp3) is 0.414. The van der Waals surface area contributed by atoms with Crippen LogP contribution in [0.1, 0.15) is 50.1 Å². The molecule has 39 heavy (non-hydrogen) atoms. The predicted octanol–water partition coefficient (Wildman–Crippen LogP) is 2.49. The Morgan fingerprint density at radius 3 is 2.54 bits per heavy atom. The summed E-state index contributed by atoms with van der Waals surface area (Å²) in [7, 11) is 1.71. The Morgan fingerprint density at radius 2 is 1.90 bits per heavy atom. The molecule has 204 valence electrons. The lowest BCUT2D eigenvalue weighted by atomic mass is 9.91. The number of pyridine rings is 1. The van der Waals surface area contributed by atoms with E-state index < -0.39 is 23.6 Å². The number of nitrogens with zero attached hydrogens (tertiary/aromatic N) is 4. The van der Waals surface area contributed by atoms with Crippen molar-refractivity contribution >= 4 is 17.6 Å². The molecule has 4 heterocycles. The van der Waals surface area contributed by atoms with Crippen molar-refractivity contribution in [2.75, 3.05) is 6.54 Å². The molecule has 1 aromatic carbocycles. The minimum atomic E-state index is -1.21. The summed E-state index contributed by atoms with van der Waals surface area (Å²) in [6.07, 6.45) is -0.478. The Balaban J connectivity index is 1.44. The average Bonchev–Trinajstić information content (AvgIpc) is 3.58. The van der Waals surface area contributed by atoms with Gasteiger partial charge in [-0.3, -0.25) is 14.4 Å². The van der Waals surface area contributed by atoms with Crippen LogP contribution < -0.4 is 10.9 Å². The van der Waals surface area contributed by atoms with Crippen LogP contribution in [-0.4, -0.2) is 56.1 Å². The molecule has 3 aromatic rings. The van der Waals surface area contributed by atoms with E-state index in [9.17, 15) is 19.5 Å². The number of carbonyl (C=O) groups excluding carboxylic acids is 2. The molecule has 1 saturated heterocycles. The highest BCUT2D eigenvalue weighted by Gasteiger charge is 2.48. The number of amidine groups is 1. The molecule has 2 amide bonds. The molecule has 2 aliphatic heterocycles. The summed E-state index contributed by atoms with van der Waals surface area (Å²) in [5.41, 5.74) is 1.64. The maximum absolute atomic E-state index is 13.8. The second-order valence-electron chi connectivity index (χ2n) is 10.9. The van der Waals surface area contributed by atoms with Crippen molar-refractivity contribution in [3.8, 4) is 11.3 Å². The number of rotatable bonds is 6. The van der Waals surface area contributed by atoms with Crippen LogP contribution in [0.2, 0.25) is 0 Å². The molecule has 0 saturated carbocycles. The van der Waals surface area contributed by atoms with Gasteiger partial charge in [0.1, 0.15) is 17.5 Å². The molecule has 0 radical (unpaired) electrons. The van der Waals surface area contributed by atoms with E-state index in [1.165, 1.54) is 6.07 Å². The molecular formula is C29H33N5O5. The van der Waals surface area contributed by atoms with Gasteiger partial charge in [-0.1, -0.05) is 49.3 Å². The number of carbonyl (C=O) groups is 2. The standard InChI is InChI=1S/C29H33N5O5/c1-16(2)25(23-13-17(3)32-39-23)27(37)34-15-20(35)14-22(34)26-30-28(38)29(4,31-26)19-11-9-18(10-12-19)21-7-6-8-24(36)33(21)5/h6-13,16,20,22,25,35H,14-15H2,1-5H3,(H,30,31,38)/t20-,22-,25+,29-/m1/s1. The highest BCUT2D eigenvalue weighted by atomic mass is 16.5. The second kappa shape index (κ2) is 9.92. The molecule has 2 aliphatic rings. The molecule has 4 atom stereocenters. The number of benzene rings is 1. The van der Waals surface area contributed by atoms with Crippen molar-refractivity contribution in [1.82, 2.24) is 19.9 Å². The number of nitrogens with one attached hydrogen (secondary N) is 1. The Labute approximate surface area is 226 Å². The van der Waals surface area contributed by atoms with Gasteiger partial charge in [-0.2, -0.15) is 0 Å². The van der Waals surface area contributed by atoms with Gasteiger partial charge in [0.25, 0.3) is 11.5 Å². The number of hydrogen-bond donors (Lipinski definition) is 2. The number of aliphatic hydroxyl groups excluding tert-OH is 1. The molecule has 10 heteroatoms. The first-order valence-corrected chi connectivity index (χ1v) is 13.1. The second-order valence-corrected chi connectivity index (χ2v) is 10.9. The summed E-state index contributed by atoms with van der Waals surface area (Å²) in [4.78, 5) is 45.5. The van der Waals surface area contributed by atoms with Crippen molar-refractivity contribution < 1.29 is 19.2 Å². The first kappa shape index (κ1) is 26.6. The third-order valence-electron chi connectivity index (χ3n) is 7.72. The van der Waals surface area contributed by atoms with Crippen LogP contribution in [0.4, 0.5) is 0 Å². The van der Waals surface area contributed by atoms with Gasteiger partial charge in [-0.15, -0.1) is 0 Å². The van der Waals surface area contributed by atoms with Gasteiger partial charge < -0.3 is 24.4 Å². The van der Waals surface area contributed by atoms with Crippen molar-refractivity contribution in [2.24, 2.45) is 18.0 Å². The van der Waals surface area contributed by atoms with E-state index in [0.717, 1.165) is 11.3 Å². The highest BCUT2D eigenvalue weighted by molar-refractivity contribution is 6.11. The highest BCUT2D eigenvalue weighted by Crippen LogP contribution is 2.35. The molecule has 1 fully saturated rings. The summed E-state index contributed by atoms with van der Waals surface area (Å²) >= 11 is 0. The van der Waals surface area contributed by atoms with Crippen molar-refractivity contribution in [3.63, 3.8) is 0 Å². The number of aliphatic hydroxyl groups is 1. The smallest absolute Gasteiger partial charge is 0.257 e. The van der Waals surface area contributed by atoms with Crippen LogP contribution in [0.25, 0.3) is 11.3 Å². The summed E-state index contributed by atoms with van der Waals surface area (Å²) in [5.74, 6) is -0.326. The molecule has 0 spiro atoms. The lowest BCUT2D eigenvalue weighted by Gasteiger charge is -2.29. The van der Waals surface area contributed by atoms with E-state index in [-0.39, 0.29) is 36.3 Å². The number of amides is 2. The fourth-order valence-corrected chi connectivity index (χ4v) is 5.49. The number of aliphatic imine (C=N–C) groups is 1. The zero-order valence-electron chi connectivity index (χ0n) is 22.7. The summed E-state index contributed by atoms with van der Waals surface area (Å²) in [5, 5.41) is 17.4. The average molecular weight is 532 g/mol. The Hall–Kier alpha value is -4.05. The maximum atomic E-state index is 13.8. The number of aryl methyl sites for hydroxylation is 1. The van der Waals surface area contributed by atoms with E-state index in [0.29, 0.717) is 22.9 Å². The van der Waals surface area contributed by atoms with E-state index in [2.05, 4.69) is 10.5 Å². The van der Waals surface area contributed by atoms with Crippen LogP contribution in [0.5, 0.6) is 0 Å². The van der Waals surface area contributed by atoms with Gasteiger partial charge in [0.05, 0.1) is 23.5 Å². The van der Waals surface area contributed by atoms with Crippen molar-refractivity contribution in [3.05, 3.63) is 75.9 Å². The molecule has 5 rings (SSSR count). The predicted molar refractivity (Wildman–Crippen MR) is 145 cm³/mol. The zero-order chi connectivity index (χ0) is 28.1. The minimum absolute atomic E-state index is 0.0729. The van der Waals surface area contributed by atoms with Crippen LogP contribution in [0.15, 0.2) is 62.8 Å². The van der Waals surface area contributed by atoms with Crippen LogP contribution >= 0.6 is 0 Å². The van der Waals surface area contributed by atoms with Gasteiger partial charge in [0.2, 0.25) is 5.91 Å². The van der Waals surface area contributed by atoms with Gasteiger partial charge in [0, 0.05) is 32.1 Å². The summed E-state index contributed by atoms with van der Waals surface area (Å²) in [6.45, 7) is 7.54. The summed E-state index contributed by atoms with van der Waals surface area (Å²) in [6, 6.07) is 13.6. The van der Waals surface area contributed by atoms with Gasteiger partial charge >= 0.3 is 0 Å². The fourth-order valence-electron chi connectivity index (χ4n) is 5.49. The van der Waals surface area contributed by atoms with Crippen LogP contribution in [0.3, 0.4) is 0 Å². The van der Waals surface area contributed by atoms with E-state index in [4.69, 9.17) is 9.52 Å². The third-order valence-corrected chi connectivity index (χ3v) is 7.72. The first-order valence-electron chi connectivity index (χ1n) is 13.1. The maximum Gasteiger partial charge on any atom is 0.257 e. The third kappa shape index (κ3) is 4.69. The molecule has 2 aromatic heterocycles. The van der Waals surface area contributed by atoms with E-state index >= 15 is 0 Å². The number of hydrogen-bond acceptors (Lipinski definition) is 7. The lowest BCUT2D eigenvalue weighted by molar-refractivity contribution is -0.134. The largest absolute Gasteiger partial charge is 0.391 e. The Kier molecular flexibility index (Phi) is 6.76. The molecular weight excluding hydrogens is 498 g/mol. The number of β-amino-alcohol motifs (C(OH)–C–C–N with tert-alkyl or cyclic N) is 1. The van der Waals surface area contributed by atoms with E-state index in [1.807, 2.05) is 44.2 Å². The number of aromatic nitrogens is 2. The SMILES string of the molecule is Cc1cc([C@@H](C(=O)N2C[C@H](O)C[C@@H]2C2=N[C@](C)(c3ccc(-c4cccc(=O)n4C)cc3)C(=O)N2)C(C)C)on1. The quantitative estimate of drug-likeness (QED) is 0.503. The molecule has 0 bridgehead atoms. The Morgan fingerprint density at radius 1 is 1.18 bits per heavy atom. The lowest BCUT2D eigenvalue weighted by Crippen LogP contribution is -2.48. The van der Waals surface area contributed by atoms with Gasteiger partial charge in [-0.05, 0) is 37.0 Å². The van der Waals surface area contributed by atoms with Gasteiger partial charge in [0.15, 0.2) is 5.54 Å². The normalized spacial score (nSPS) is 23.7. The summed E-state index contributed by atoms with van der Waals surface area (Å²) < 4.78 is 7.01. The molecule has 0 aliphatic carbocycles. The monoisotopic (exact) mass is 531 g/mol. The van der Waals surface area contributed by atoms with Crippen LogP contribution in [-0.2, 0) is 22.2 Å². The van der Waals surface area contributed by atoms with Gasteiger partial charge in [-0.25, -0.2) is 4.99 Å². The minimum Gasteiger partial charge on any atom is -0.391 e. The molecule has 10 nitrogen and oxygen atoms in total. The first-order chi connectivity index (χ1) is 18.5. The molecule has 0 unspecified atom stereocenters. The van der Waals surface area contributed by atoms with Crippen molar-refractivity contribution in [2.45, 2.75) is 57.7 Å². The van der Waals surface area contributed by atoms with Crippen molar-refractivity contribution in [1.29, 1.82) is 0 Å². The topological polar surface area (TPSA) is 130 Å². The molecule has 2 N–H and O–H groups in total. The zero-order valence-corrected chi connectivity index (χ0v) is 22.7. The Bertz CT molecular complexity index is 1500.